The van der Waals surface area contributed by atoms with E-state index in [0.717, 1.165) is 6.42 Å². The maximum absolute atomic E-state index is 11.8. The number of nitrogens with one attached hydrogen (secondary N) is 1. The molecule has 18 heavy (non-hydrogen) atoms. The summed E-state index contributed by atoms with van der Waals surface area (Å²) in [6, 6.07) is 0.291. The molecule has 104 valence electrons. The standard InChI is InChI=1S/C13H24N2O3/c1-10-5-3-4-6-11(10)14-12(16)9-15(2)8-7-13(17)18/h10-11H,3-9H2,1-2H3,(H,14,16)(H,17,18). The summed E-state index contributed by atoms with van der Waals surface area (Å²) in [5, 5.41) is 11.6. The van der Waals surface area contributed by atoms with Crippen LogP contribution in [0.5, 0.6) is 0 Å². The fourth-order valence-corrected chi connectivity index (χ4v) is 2.39. The van der Waals surface area contributed by atoms with Crippen LogP contribution in [0, 0.1) is 5.92 Å². The molecule has 0 heterocycles. The number of hydrogen-bond acceptors (Lipinski definition) is 3. The molecule has 1 amide bonds. The van der Waals surface area contributed by atoms with Gasteiger partial charge < -0.3 is 10.4 Å². The van der Waals surface area contributed by atoms with Gasteiger partial charge in [0.15, 0.2) is 0 Å². The lowest BCUT2D eigenvalue weighted by molar-refractivity contribution is -0.137. The van der Waals surface area contributed by atoms with Crippen molar-refractivity contribution >= 4 is 11.9 Å². The molecule has 2 unspecified atom stereocenters. The molecular weight excluding hydrogens is 232 g/mol. The molecule has 1 rings (SSSR count). The van der Waals surface area contributed by atoms with Gasteiger partial charge in [0.2, 0.25) is 5.91 Å². The molecule has 0 spiro atoms. The van der Waals surface area contributed by atoms with Crippen molar-refractivity contribution in [2.24, 2.45) is 5.92 Å². The number of aliphatic carboxylic acids is 1. The van der Waals surface area contributed by atoms with Crippen LogP contribution in [0.3, 0.4) is 0 Å². The fraction of sp³-hybridized carbons (Fsp3) is 0.846. The van der Waals surface area contributed by atoms with Crippen LogP contribution in [0.25, 0.3) is 0 Å². The molecule has 5 nitrogen and oxygen atoms in total. The van der Waals surface area contributed by atoms with Gasteiger partial charge in [-0.15, -0.1) is 0 Å². The number of hydrogen-bond donors (Lipinski definition) is 2. The third-order valence-corrected chi connectivity index (χ3v) is 3.58. The minimum Gasteiger partial charge on any atom is -0.481 e. The van der Waals surface area contributed by atoms with Crippen molar-refractivity contribution in [3.05, 3.63) is 0 Å². The second-order valence-electron chi connectivity index (χ2n) is 5.32. The molecule has 1 aliphatic carbocycles. The Hall–Kier alpha value is -1.10. The molecule has 0 saturated heterocycles. The Morgan fingerprint density at radius 3 is 2.61 bits per heavy atom. The minimum absolute atomic E-state index is 0.00152. The Labute approximate surface area is 109 Å². The quantitative estimate of drug-likeness (QED) is 0.746. The number of carbonyl (C=O) groups excluding carboxylic acids is 1. The molecule has 1 saturated carbocycles. The van der Waals surface area contributed by atoms with Crippen molar-refractivity contribution in [3.63, 3.8) is 0 Å². The van der Waals surface area contributed by atoms with Gasteiger partial charge in [-0.2, -0.15) is 0 Å². The molecule has 5 heteroatoms. The van der Waals surface area contributed by atoms with Crippen molar-refractivity contribution in [1.29, 1.82) is 0 Å². The molecule has 0 aliphatic heterocycles. The topological polar surface area (TPSA) is 69.6 Å². The predicted molar refractivity (Wildman–Crippen MR) is 69.3 cm³/mol. The third-order valence-electron chi connectivity index (χ3n) is 3.58. The van der Waals surface area contributed by atoms with E-state index in [2.05, 4.69) is 12.2 Å². The zero-order chi connectivity index (χ0) is 13.5. The molecule has 0 aromatic carbocycles. The van der Waals surface area contributed by atoms with Crippen LogP contribution in [0.2, 0.25) is 0 Å². The van der Waals surface area contributed by atoms with Crippen LogP contribution in [0.1, 0.15) is 39.0 Å². The Balaban J connectivity index is 2.25. The maximum Gasteiger partial charge on any atom is 0.304 e. The van der Waals surface area contributed by atoms with Gasteiger partial charge >= 0.3 is 5.97 Å². The minimum atomic E-state index is -0.830. The number of carboxylic acids is 1. The molecule has 2 atom stereocenters. The number of carbonyl (C=O) groups is 2. The van der Waals surface area contributed by atoms with Crippen LogP contribution in [-0.4, -0.2) is 48.1 Å². The molecule has 2 N–H and O–H groups in total. The Bertz CT molecular complexity index is 294. The summed E-state index contributed by atoms with van der Waals surface area (Å²) in [5.41, 5.74) is 0. The summed E-state index contributed by atoms with van der Waals surface area (Å²) < 4.78 is 0. The summed E-state index contributed by atoms with van der Waals surface area (Å²) in [6.07, 6.45) is 4.76. The molecule has 0 aromatic heterocycles. The summed E-state index contributed by atoms with van der Waals surface area (Å²) in [7, 11) is 1.77. The number of likely N-dealkylation sites (N-methyl/N-ethyl adjacent to an activating group) is 1. The Morgan fingerprint density at radius 1 is 1.33 bits per heavy atom. The van der Waals surface area contributed by atoms with E-state index in [0.29, 0.717) is 18.5 Å². The van der Waals surface area contributed by atoms with E-state index in [1.807, 2.05) is 0 Å². The molecule has 1 fully saturated rings. The van der Waals surface area contributed by atoms with E-state index in [1.165, 1.54) is 19.3 Å². The highest BCUT2D eigenvalue weighted by Crippen LogP contribution is 2.23. The van der Waals surface area contributed by atoms with Gasteiger partial charge in [0, 0.05) is 12.6 Å². The highest BCUT2D eigenvalue weighted by atomic mass is 16.4. The summed E-state index contributed by atoms with van der Waals surface area (Å²) >= 11 is 0. The second-order valence-corrected chi connectivity index (χ2v) is 5.32. The van der Waals surface area contributed by atoms with Gasteiger partial charge in [0.05, 0.1) is 13.0 Å². The molecule has 0 aromatic rings. The first-order chi connectivity index (χ1) is 8.49. The van der Waals surface area contributed by atoms with Crippen LogP contribution in [-0.2, 0) is 9.59 Å². The highest BCUT2D eigenvalue weighted by Gasteiger charge is 2.22. The van der Waals surface area contributed by atoms with Crippen molar-refractivity contribution in [3.8, 4) is 0 Å². The lowest BCUT2D eigenvalue weighted by Crippen LogP contribution is -2.45. The first-order valence-corrected chi connectivity index (χ1v) is 6.68. The van der Waals surface area contributed by atoms with Crippen LogP contribution in [0.4, 0.5) is 0 Å². The average molecular weight is 256 g/mol. The van der Waals surface area contributed by atoms with Crippen LogP contribution < -0.4 is 5.32 Å². The average Bonchev–Trinajstić information content (AvgIpc) is 2.29. The highest BCUT2D eigenvalue weighted by molar-refractivity contribution is 5.78. The van der Waals surface area contributed by atoms with E-state index in [9.17, 15) is 9.59 Å². The zero-order valence-electron chi connectivity index (χ0n) is 11.3. The smallest absolute Gasteiger partial charge is 0.304 e. The van der Waals surface area contributed by atoms with Crippen molar-refractivity contribution in [2.45, 2.75) is 45.1 Å². The molecule has 0 bridgehead atoms. The van der Waals surface area contributed by atoms with Gasteiger partial charge in [-0.3, -0.25) is 14.5 Å². The maximum atomic E-state index is 11.8. The van der Waals surface area contributed by atoms with Gasteiger partial charge in [-0.25, -0.2) is 0 Å². The van der Waals surface area contributed by atoms with E-state index >= 15 is 0 Å². The van der Waals surface area contributed by atoms with Crippen LogP contribution in [0.15, 0.2) is 0 Å². The van der Waals surface area contributed by atoms with Gasteiger partial charge in [0.25, 0.3) is 0 Å². The third kappa shape index (κ3) is 5.49. The monoisotopic (exact) mass is 256 g/mol. The summed E-state index contributed by atoms with van der Waals surface area (Å²) in [6.45, 7) is 2.86. The fourth-order valence-electron chi connectivity index (χ4n) is 2.39. The Kier molecular flexibility index (Phi) is 6.12. The predicted octanol–water partition coefficient (Wildman–Crippen LogP) is 1.09. The zero-order valence-corrected chi connectivity index (χ0v) is 11.3. The van der Waals surface area contributed by atoms with Gasteiger partial charge in [0.1, 0.15) is 0 Å². The van der Waals surface area contributed by atoms with Gasteiger partial charge in [-0.05, 0) is 25.8 Å². The summed E-state index contributed by atoms with van der Waals surface area (Å²) in [4.78, 5) is 24.0. The van der Waals surface area contributed by atoms with Crippen molar-refractivity contribution in [2.75, 3.05) is 20.1 Å². The first kappa shape index (κ1) is 15.0. The summed E-state index contributed by atoms with van der Waals surface area (Å²) in [5.74, 6) is -0.281. The molecule has 0 radical (unpaired) electrons. The lowest BCUT2D eigenvalue weighted by Gasteiger charge is -2.30. The number of carboxylic acid groups (broad SMARTS) is 1. The largest absolute Gasteiger partial charge is 0.481 e. The van der Waals surface area contributed by atoms with E-state index in [1.54, 1.807) is 11.9 Å². The normalized spacial score (nSPS) is 23.9. The number of rotatable bonds is 6. The Morgan fingerprint density at radius 2 is 2.00 bits per heavy atom. The number of amides is 1. The SMILES string of the molecule is CC1CCCCC1NC(=O)CN(C)CCC(=O)O. The number of nitrogens with zero attached hydrogens (tertiary/aromatic N) is 1. The first-order valence-electron chi connectivity index (χ1n) is 6.68. The van der Waals surface area contributed by atoms with Gasteiger partial charge in [-0.1, -0.05) is 19.8 Å². The van der Waals surface area contributed by atoms with Crippen molar-refractivity contribution in [1.82, 2.24) is 10.2 Å². The van der Waals surface area contributed by atoms with Crippen molar-refractivity contribution < 1.29 is 14.7 Å². The second kappa shape index (κ2) is 7.36. The van der Waals surface area contributed by atoms with E-state index in [4.69, 9.17) is 5.11 Å². The van der Waals surface area contributed by atoms with E-state index < -0.39 is 5.97 Å². The molecule has 1 aliphatic rings. The van der Waals surface area contributed by atoms with Crippen LogP contribution >= 0.6 is 0 Å². The lowest BCUT2D eigenvalue weighted by atomic mass is 9.86. The molecular formula is C13H24N2O3. The van der Waals surface area contributed by atoms with E-state index in [-0.39, 0.29) is 18.9 Å².